The van der Waals surface area contributed by atoms with Gasteiger partial charge < -0.3 is 15.1 Å². The predicted octanol–water partition coefficient (Wildman–Crippen LogP) is 0.387. The molecule has 130 valence electrons. The Hall–Kier alpha value is -1.51. The van der Waals surface area contributed by atoms with Gasteiger partial charge in [-0.3, -0.25) is 0 Å². The Morgan fingerprint density at radius 1 is 1.21 bits per heavy atom. The van der Waals surface area contributed by atoms with Crippen LogP contribution in [0.4, 0.5) is 0 Å². The molecule has 1 aromatic heterocycles. The average molecular weight is 334 g/mol. The van der Waals surface area contributed by atoms with Gasteiger partial charge in [-0.25, -0.2) is 9.53 Å². The number of hydroxylamine groups is 1. The minimum absolute atomic E-state index is 0.199. The largest absolute Gasteiger partial charge is 0.622 e. The molecule has 4 aliphatic rings. The van der Waals surface area contributed by atoms with Crippen molar-refractivity contribution >= 4 is 5.71 Å². The Labute approximate surface area is 139 Å². The van der Waals surface area contributed by atoms with Crippen LogP contribution < -0.4 is 0 Å². The summed E-state index contributed by atoms with van der Waals surface area (Å²) < 4.78 is 11.5. The van der Waals surface area contributed by atoms with E-state index in [4.69, 9.17) is 9.37 Å². The SMILES string of the molecule is [O-][N+]1=C2CCc3nonc3[C@@]2(O)[C@H]2CCCC[C@]21N1CCOCC1. The summed E-state index contributed by atoms with van der Waals surface area (Å²) in [4.78, 5) is 2.24. The van der Waals surface area contributed by atoms with Crippen LogP contribution in [-0.2, 0) is 16.8 Å². The molecule has 0 spiro atoms. The van der Waals surface area contributed by atoms with Crippen LogP contribution in [0.3, 0.4) is 0 Å². The topological polar surface area (TPSA) is 97.7 Å². The van der Waals surface area contributed by atoms with E-state index in [1.807, 2.05) is 0 Å². The van der Waals surface area contributed by atoms with E-state index < -0.39 is 11.3 Å². The van der Waals surface area contributed by atoms with Crippen molar-refractivity contribution in [3.05, 3.63) is 16.6 Å². The lowest BCUT2D eigenvalue weighted by atomic mass is 9.66. The Balaban J connectivity index is 1.69. The van der Waals surface area contributed by atoms with Crippen LogP contribution in [-0.4, -0.2) is 62.7 Å². The molecule has 1 N–H and O–H groups in total. The fourth-order valence-electron chi connectivity index (χ4n) is 5.46. The van der Waals surface area contributed by atoms with E-state index in [0.29, 0.717) is 43.2 Å². The summed E-state index contributed by atoms with van der Waals surface area (Å²) in [6.07, 6.45) is 4.71. The predicted molar refractivity (Wildman–Crippen MR) is 82.2 cm³/mol. The van der Waals surface area contributed by atoms with Gasteiger partial charge in [0.1, 0.15) is 5.69 Å². The number of hydrogen-bond acceptors (Lipinski definition) is 7. The van der Waals surface area contributed by atoms with Crippen molar-refractivity contribution in [1.82, 2.24) is 15.2 Å². The second kappa shape index (κ2) is 5.00. The third kappa shape index (κ3) is 1.61. The molecule has 3 heterocycles. The van der Waals surface area contributed by atoms with Gasteiger partial charge in [-0.15, -0.1) is 0 Å². The first-order valence-electron chi connectivity index (χ1n) is 8.90. The highest BCUT2D eigenvalue weighted by atomic mass is 16.6. The van der Waals surface area contributed by atoms with Crippen molar-refractivity contribution in [3.63, 3.8) is 0 Å². The van der Waals surface area contributed by atoms with Crippen LogP contribution in [0.15, 0.2) is 4.63 Å². The van der Waals surface area contributed by atoms with Crippen molar-refractivity contribution in [3.8, 4) is 0 Å². The van der Waals surface area contributed by atoms with Crippen molar-refractivity contribution in [2.24, 2.45) is 5.92 Å². The minimum atomic E-state index is -1.34. The number of fused-ring (bicyclic) bond motifs is 5. The van der Waals surface area contributed by atoms with E-state index >= 15 is 0 Å². The number of aromatic nitrogens is 2. The number of morpholine rings is 1. The molecule has 0 radical (unpaired) electrons. The van der Waals surface area contributed by atoms with Gasteiger partial charge in [0.05, 0.1) is 19.1 Å². The quantitative estimate of drug-likeness (QED) is 0.586. The van der Waals surface area contributed by atoms with Crippen LogP contribution >= 0.6 is 0 Å². The van der Waals surface area contributed by atoms with Gasteiger partial charge in [0, 0.05) is 32.4 Å². The Kier molecular flexibility index (Phi) is 3.08. The second-order valence-electron chi connectivity index (χ2n) is 7.34. The van der Waals surface area contributed by atoms with Gasteiger partial charge in [-0.1, -0.05) is 16.7 Å². The van der Waals surface area contributed by atoms with E-state index in [9.17, 15) is 10.3 Å². The van der Waals surface area contributed by atoms with Crippen molar-refractivity contribution < 1.29 is 19.2 Å². The van der Waals surface area contributed by atoms with Gasteiger partial charge in [-0.2, -0.15) is 4.74 Å². The zero-order valence-corrected chi connectivity index (χ0v) is 13.6. The monoisotopic (exact) mass is 334 g/mol. The maximum Gasteiger partial charge on any atom is 0.235 e. The number of nitrogens with zero attached hydrogens (tertiary/aromatic N) is 4. The molecule has 0 aromatic carbocycles. The van der Waals surface area contributed by atoms with Crippen LogP contribution in [0.1, 0.15) is 43.5 Å². The summed E-state index contributed by atoms with van der Waals surface area (Å²) in [6.45, 7) is 2.71. The summed E-state index contributed by atoms with van der Waals surface area (Å²) in [7, 11) is 0. The molecule has 2 aliphatic heterocycles. The van der Waals surface area contributed by atoms with E-state index in [-0.39, 0.29) is 5.92 Å². The Morgan fingerprint density at radius 3 is 2.88 bits per heavy atom. The summed E-state index contributed by atoms with van der Waals surface area (Å²) in [5.74, 6) is -0.199. The molecule has 0 bridgehead atoms. The van der Waals surface area contributed by atoms with Crippen LogP contribution in [0, 0.1) is 11.1 Å². The van der Waals surface area contributed by atoms with E-state index in [1.54, 1.807) is 0 Å². The smallest absolute Gasteiger partial charge is 0.235 e. The molecule has 24 heavy (non-hydrogen) atoms. The molecule has 0 amide bonds. The highest BCUT2D eigenvalue weighted by Gasteiger charge is 2.72. The standard InChI is InChI=1S/C16H22N4O4/c21-16-12-3-1-2-6-15(12,19-7-9-23-10-8-19)20(22)13(16)5-4-11-14(16)18-24-17-11/h12,21H,1-10H2/t12-,15+,16+/m0/s1. The van der Waals surface area contributed by atoms with Gasteiger partial charge in [0.15, 0.2) is 5.69 Å². The third-order valence-electron chi connectivity index (χ3n) is 6.46. The molecular weight excluding hydrogens is 312 g/mol. The lowest BCUT2D eigenvalue weighted by Gasteiger charge is -2.47. The van der Waals surface area contributed by atoms with Gasteiger partial charge in [0.25, 0.3) is 0 Å². The molecule has 5 rings (SSSR count). The zero-order chi connectivity index (χ0) is 16.4. The number of aryl methyl sites for hydroxylation is 1. The molecule has 8 nitrogen and oxygen atoms in total. The first-order valence-corrected chi connectivity index (χ1v) is 8.90. The molecule has 2 fully saturated rings. The first-order chi connectivity index (χ1) is 11.7. The second-order valence-corrected chi connectivity index (χ2v) is 7.34. The van der Waals surface area contributed by atoms with Crippen LogP contribution in [0.25, 0.3) is 0 Å². The maximum atomic E-state index is 13.5. The zero-order valence-electron chi connectivity index (χ0n) is 13.6. The lowest BCUT2D eigenvalue weighted by molar-refractivity contribution is -0.591. The van der Waals surface area contributed by atoms with Gasteiger partial charge in [-0.05, 0) is 12.8 Å². The fourth-order valence-corrected chi connectivity index (χ4v) is 5.46. The Bertz CT molecular complexity index is 698. The maximum absolute atomic E-state index is 13.5. The van der Waals surface area contributed by atoms with E-state index in [2.05, 4.69) is 15.2 Å². The number of ether oxygens (including phenoxy) is 1. The number of hydrogen-bond donors (Lipinski definition) is 1. The van der Waals surface area contributed by atoms with E-state index in [0.717, 1.165) is 43.5 Å². The number of rotatable bonds is 1. The molecule has 3 atom stereocenters. The summed E-state index contributed by atoms with van der Waals surface area (Å²) in [5, 5.41) is 33.2. The number of aliphatic hydroxyl groups is 1. The molecule has 1 saturated carbocycles. The third-order valence-corrected chi connectivity index (χ3v) is 6.46. The first kappa shape index (κ1) is 14.8. The van der Waals surface area contributed by atoms with Crippen LogP contribution in [0.5, 0.6) is 0 Å². The summed E-state index contributed by atoms with van der Waals surface area (Å²) in [6, 6.07) is 0. The van der Waals surface area contributed by atoms with Crippen molar-refractivity contribution in [2.75, 3.05) is 26.3 Å². The van der Waals surface area contributed by atoms with Crippen molar-refractivity contribution in [1.29, 1.82) is 0 Å². The molecule has 0 unspecified atom stereocenters. The molecule has 8 heteroatoms. The molecule has 2 aliphatic carbocycles. The minimum Gasteiger partial charge on any atom is -0.622 e. The van der Waals surface area contributed by atoms with Gasteiger partial charge in [0.2, 0.25) is 17.0 Å². The van der Waals surface area contributed by atoms with Crippen molar-refractivity contribution in [2.45, 2.75) is 49.8 Å². The highest BCUT2D eigenvalue weighted by molar-refractivity contribution is 5.92. The van der Waals surface area contributed by atoms with Gasteiger partial charge >= 0.3 is 0 Å². The van der Waals surface area contributed by atoms with E-state index in [1.165, 1.54) is 0 Å². The fraction of sp³-hybridized carbons (Fsp3) is 0.812. The average Bonchev–Trinajstić information content (AvgIpc) is 3.18. The summed E-state index contributed by atoms with van der Waals surface area (Å²) >= 11 is 0. The highest BCUT2D eigenvalue weighted by Crippen LogP contribution is 2.55. The summed E-state index contributed by atoms with van der Waals surface area (Å²) in [5.41, 5.74) is -0.325. The lowest BCUT2D eigenvalue weighted by Crippen LogP contribution is -2.63. The molecular formula is C16H22N4O4. The normalized spacial score (nSPS) is 39.5. The molecule has 1 aromatic rings. The Morgan fingerprint density at radius 2 is 2.04 bits per heavy atom. The molecule has 1 saturated heterocycles. The van der Waals surface area contributed by atoms with Crippen LogP contribution in [0.2, 0.25) is 0 Å².